The van der Waals surface area contributed by atoms with Crippen molar-refractivity contribution in [1.82, 2.24) is 30.1 Å². The summed E-state index contributed by atoms with van der Waals surface area (Å²) in [6, 6.07) is 4.98. The Morgan fingerprint density at radius 1 is 1.44 bits per heavy atom. The Morgan fingerprint density at radius 2 is 2.32 bits per heavy atom. The lowest BCUT2D eigenvalue weighted by atomic mass is 10.1. The van der Waals surface area contributed by atoms with E-state index in [1.54, 1.807) is 11.1 Å². The lowest BCUT2D eigenvalue weighted by Crippen LogP contribution is -2.59. The third kappa shape index (κ3) is 3.99. The molecule has 2 amide bonds. The number of rotatable bonds is 5. The Kier molecular flexibility index (Phi) is 5.67. The van der Waals surface area contributed by atoms with Crippen LogP contribution in [0.2, 0.25) is 0 Å². The maximum absolute atomic E-state index is 12.9. The van der Waals surface area contributed by atoms with Crippen LogP contribution < -0.4 is 10.6 Å². The highest BCUT2D eigenvalue weighted by Crippen LogP contribution is 2.17. The van der Waals surface area contributed by atoms with E-state index in [1.165, 1.54) is 0 Å². The molecule has 1 saturated heterocycles. The van der Waals surface area contributed by atoms with Crippen molar-refractivity contribution in [3.63, 3.8) is 0 Å². The number of aromatic nitrogens is 3. The van der Waals surface area contributed by atoms with Crippen LogP contribution in [0.1, 0.15) is 28.0 Å². The summed E-state index contributed by atoms with van der Waals surface area (Å²) in [6.07, 6.45) is 2.32. The average molecular weight is 360 g/mol. The standard InChI is InChI=1S/C16H20N6O2S/c1-2-12-14(25-21-20-12)16(24)22-8-7-17-10-13(22)15(23)19-9-11-5-3-4-6-18-11/h3-6,13,17H,2,7-10H2,1H3,(H,19,23)/t13-/m1/s1. The molecular weight excluding hydrogens is 340 g/mol. The second kappa shape index (κ2) is 8.13. The molecule has 0 radical (unpaired) electrons. The van der Waals surface area contributed by atoms with E-state index < -0.39 is 6.04 Å². The van der Waals surface area contributed by atoms with E-state index in [-0.39, 0.29) is 11.8 Å². The second-order valence-electron chi connectivity index (χ2n) is 5.66. The molecule has 25 heavy (non-hydrogen) atoms. The Balaban J connectivity index is 1.70. The molecule has 2 aromatic heterocycles. The van der Waals surface area contributed by atoms with Gasteiger partial charge in [-0.25, -0.2) is 0 Å². The van der Waals surface area contributed by atoms with Crippen molar-refractivity contribution in [1.29, 1.82) is 0 Å². The number of nitrogens with one attached hydrogen (secondary N) is 2. The summed E-state index contributed by atoms with van der Waals surface area (Å²) in [5.74, 6) is -0.368. The van der Waals surface area contributed by atoms with Crippen LogP contribution in [0.5, 0.6) is 0 Å². The molecule has 3 heterocycles. The quantitative estimate of drug-likeness (QED) is 0.792. The van der Waals surface area contributed by atoms with Crippen LogP contribution in [0, 0.1) is 0 Å². The maximum atomic E-state index is 12.9. The average Bonchev–Trinajstić information content (AvgIpc) is 3.15. The highest BCUT2D eigenvalue weighted by Gasteiger charge is 2.34. The van der Waals surface area contributed by atoms with Gasteiger partial charge in [0.2, 0.25) is 5.91 Å². The zero-order chi connectivity index (χ0) is 17.6. The van der Waals surface area contributed by atoms with Gasteiger partial charge in [-0.05, 0) is 30.1 Å². The molecular formula is C16H20N6O2S. The molecule has 2 N–H and O–H groups in total. The summed E-state index contributed by atoms with van der Waals surface area (Å²) in [5, 5.41) is 10.0. The van der Waals surface area contributed by atoms with Crippen LogP contribution >= 0.6 is 11.5 Å². The van der Waals surface area contributed by atoms with Crippen LogP contribution in [-0.4, -0.2) is 57.0 Å². The number of pyridine rings is 1. The van der Waals surface area contributed by atoms with Crippen LogP contribution in [0.25, 0.3) is 0 Å². The molecule has 8 nitrogen and oxygen atoms in total. The van der Waals surface area contributed by atoms with Gasteiger partial charge in [0, 0.05) is 25.8 Å². The molecule has 0 bridgehead atoms. The first kappa shape index (κ1) is 17.4. The van der Waals surface area contributed by atoms with E-state index in [9.17, 15) is 9.59 Å². The Labute approximate surface area is 149 Å². The first-order chi connectivity index (χ1) is 12.2. The topological polar surface area (TPSA) is 100 Å². The van der Waals surface area contributed by atoms with Crippen LogP contribution in [0.4, 0.5) is 0 Å². The van der Waals surface area contributed by atoms with Crippen molar-refractivity contribution in [3.05, 3.63) is 40.7 Å². The minimum absolute atomic E-state index is 0.175. The Hall–Kier alpha value is -2.39. The van der Waals surface area contributed by atoms with Gasteiger partial charge in [0.1, 0.15) is 10.9 Å². The highest BCUT2D eigenvalue weighted by atomic mass is 32.1. The lowest BCUT2D eigenvalue weighted by Gasteiger charge is -2.34. The largest absolute Gasteiger partial charge is 0.349 e. The minimum Gasteiger partial charge on any atom is -0.349 e. The summed E-state index contributed by atoms with van der Waals surface area (Å²) in [7, 11) is 0. The number of carbonyl (C=O) groups is 2. The lowest BCUT2D eigenvalue weighted by molar-refractivity contribution is -0.126. The predicted molar refractivity (Wildman–Crippen MR) is 93.1 cm³/mol. The van der Waals surface area contributed by atoms with Crippen molar-refractivity contribution in [2.24, 2.45) is 0 Å². The molecule has 132 valence electrons. The van der Waals surface area contributed by atoms with E-state index in [4.69, 9.17) is 0 Å². The van der Waals surface area contributed by atoms with Gasteiger partial charge in [0.15, 0.2) is 0 Å². The van der Waals surface area contributed by atoms with Crippen molar-refractivity contribution < 1.29 is 9.59 Å². The molecule has 1 aliphatic heterocycles. The van der Waals surface area contributed by atoms with Gasteiger partial charge in [0.25, 0.3) is 5.91 Å². The molecule has 0 aliphatic carbocycles. The maximum Gasteiger partial charge on any atom is 0.268 e. The first-order valence-electron chi connectivity index (χ1n) is 8.21. The van der Waals surface area contributed by atoms with Gasteiger partial charge >= 0.3 is 0 Å². The van der Waals surface area contributed by atoms with E-state index in [2.05, 4.69) is 25.2 Å². The smallest absolute Gasteiger partial charge is 0.268 e. The molecule has 1 atom stereocenters. The van der Waals surface area contributed by atoms with Crippen molar-refractivity contribution in [2.75, 3.05) is 19.6 Å². The fraction of sp³-hybridized carbons (Fsp3) is 0.438. The zero-order valence-corrected chi connectivity index (χ0v) is 14.8. The van der Waals surface area contributed by atoms with Crippen LogP contribution in [0.15, 0.2) is 24.4 Å². The summed E-state index contributed by atoms with van der Waals surface area (Å²) in [6.45, 7) is 3.82. The van der Waals surface area contributed by atoms with Gasteiger partial charge in [-0.3, -0.25) is 14.6 Å². The third-order valence-corrected chi connectivity index (χ3v) is 4.82. The monoisotopic (exact) mass is 360 g/mol. The summed E-state index contributed by atoms with van der Waals surface area (Å²) in [5.41, 5.74) is 1.46. The van der Waals surface area contributed by atoms with E-state index in [1.807, 2.05) is 25.1 Å². The van der Waals surface area contributed by atoms with Crippen LogP contribution in [0.3, 0.4) is 0 Å². The molecule has 0 spiro atoms. The molecule has 9 heteroatoms. The number of aryl methyl sites for hydroxylation is 1. The van der Waals surface area contributed by atoms with E-state index >= 15 is 0 Å². The van der Waals surface area contributed by atoms with Crippen molar-refractivity contribution in [3.8, 4) is 0 Å². The number of amides is 2. The molecule has 0 aromatic carbocycles. The predicted octanol–water partition coefficient (Wildman–Crippen LogP) is 0.226. The molecule has 3 rings (SSSR count). The summed E-state index contributed by atoms with van der Waals surface area (Å²) < 4.78 is 3.87. The zero-order valence-electron chi connectivity index (χ0n) is 13.9. The van der Waals surface area contributed by atoms with E-state index in [0.29, 0.717) is 43.2 Å². The normalized spacial score (nSPS) is 17.3. The fourth-order valence-electron chi connectivity index (χ4n) is 2.71. The SMILES string of the molecule is CCc1nnsc1C(=O)N1CCNC[C@@H]1C(=O)NCc1ccccn1. The van der Waals surface area contributed by atoms with Gasteiger partial charge in [-0.2, -0.15) is 0 Å². The summed E-state index contributed by atoms with van der Waals surface area (Å²) >= 11 is 1.09. The fourth-order valence-corrected chi connectivity index (χ4v) is 3.42. The number of nitrogens with zero attached hydrogens (tertiary/aromatic N) is 4. The Bertz CT molecular complexity index is 735. The minimum atomic E-state index is -0.559. The number of hydrogen-bond donors (Lipinski definition) is 2. The van der Waals surface area contributed by atoms with Crippen LogP contribution in [-0.2, 0) is 17.8 Å². The summed E-state index contributed by atoms with van der Waals surface area (Å²) in [4.78, 5) is 31.8. The molecule has 0 unspecified atom stereocenters. The number of piperazine rings is 1. The van der Waals surface area contributed by atoms with E-state index in [0.717, 1.165) is 17.2 Å². The second-order valence-corrected chi connectivity index (χ2v) is 6.41. The molecule has 2 aromatic rings. The van der Waals surface area contributed by atoms with Gasteiger partial charge in [-0.1, -0.05) is 17.5 Å². The molecule has 1 fully saturated rings. The third-order valence-electron chi connectivity index (χ3n) is 4.06. The van der Waals surface area contributed by atoms with Gasteiger partial charge in [-0.15, -0.1) is 5.10 Å². The van der Waals surface area contributed by atoms with Crippen molar-refractivity contribution >= 4 is 23.3 Å². The van der Waals surface area contributed by atoms with Gasteiger partial charge < -0.3 is 15.5 Å². The number of hydrogen-bond acceptors (Lipinski definition) is 7. The van der Waals surface area contributed by atoms with Gasteiger partial charge in [0.05, 0.1) is 17.9 Å². The molecule has 0 saturated carbocycles. The molecule has 1 aliphatic rings. The number of carbonyl (C=O) groups excluding carboxylic acids is 2. The highest BCUT2D eigenvalue weighted by molar-refractivity contribution is 7.08. The Morgan fingerprint density at radius 3 is 3.08 bits per heavy atom. The van der Waals surface area contributed by atoms with Crippen molar-refractivity contribution in [2.45, 2.75) is 25.9 Å². The first-order valence-corrected chi connectivity index (χ1v) is 8.98.